The first-order valence-electron chi connectivity index (χ1n) is 47.7. The van der Waals surface area contributed by atoms with Gasteiger partial charge in [0.05, 0.1) is 6.85 Å². The van der Waals surface area contributed by atoms with E-state index in [4.69, 9.17) is 6.85 Å². The minimum atomic E-state index is -0.389. The van der Waals surface area contributed by atoms with Crippen LogP contribution in [0.5, 0.6) is 0 Å². The molecule has 0 atom stereocenters. The lowest BCUT2D eigenvalue weighted by Crippen LogP contribution is -1.92. The van der Waals surface area contributed by atoms with E-state index in [0.29, 0.717) is 5.56 Å². The third-order valence-corrected chi connectivity index (χ3v) is 30.2. The lowest BCUT2D eigenvalue weighted by molar-refractivity contribution is 1.61. The fourth-order valence-corrected chi connectivity index (χ4v) is 24.5. The molecule has 620 valence electrons. The van der Waals surface area contributed by atoms with Crippen LogP contribution in [0.3, 0.4) is 0 Å². The van der Waals surface area contributed by atoms with Crippen LogP contribution in [0.2, 0.25) is 0 Å². The molecule has 0 saturated heterocycles. The van der Waals surface area contributed by atoms with E-state index in [0.717, 1.165) is 32.7 Å². The summed E-state index contributed by atoms with van der Waals surface area (Å²) in [7, 11) is 0. The largest absolute Gasteiger partial charge is 0.135 e. The third-order valence-electron chi connectivity index (χ3n) is 26.7. The van der Waals surface area contributed by atoms with Gasteiger partial charge in [0.2, 0.25) is 0 Å². The third kappa shape index (κ3) is 13.9. The van der Waals surface area contributed by atoms with Gasteiger partial charge in [0.25, 0.3) is 0 Å². The van der Waals surface area contributed by atoms with E-state index in [9.17, 15) is 0 Å². The van der Waals surface area contributed by atoms with Crippen LogP contribution in [-0.2, 0) is 0 Å². The van der Waals surface area contributed by atoms with Gasteiger partial charge in [-0.05, 0) is 240 Å². The lowest BCUT2D eigenvalue weighted by Gasteiger charge is -2.19. The lowest BCUT2D eigenvalue weighted by atomic mass is 9.84. The molecule has 24 aromatic carbocycles. The molecule has 27 aromatic rings. The maximum absolute atomic E-state index is 8.84. The summed E-state index contributed by atoms with van der Waals surface area (Å²) in [4.78, 5) is 0. The Morgan fingerprint density at radius 3 is 1.02 bits per heavy atom. The second kappa shape index (κ2) is 33.7. The van der Waals surface area contributed by atoms with Crippen LogP contribution >= 0.6 is 34.0 Å². The van der Waals surface area contributed by atoms with Gasteiger partial charge in [-0.25, -0.2) is 0 Å². The first-order chi connectivity index (χ1) is 68.1. The standard InChI is InChI=1S/C48H30S.C44H28S.C38H24S/c1-2-12-31(13-3-1)33-22-25-34(26-23-33)46-38-16-6-8-18-40(38)47(41-19-9-7-17-39(41)46)43-29-37(36-27-24-32-14-4-5-15-35(32)28-36)30-45-48(43)42-20-10-11-21-44(42)49-45;1-3-14-29(15-4-1)31-18-13-19-32(28-31)41-34-20-7-9-22-36(34)42(37-23-10-8-21-35(37)41)39-27-26-33(30-16-5-2-6-17-30)44-43(39)38-24-11-12-25-40(38)45-44;1-3-13-25(14-4-1)27-21-11-23-33-37-32(22-12-24-34(37)39-38(27)33)36-30-19-9-7-17-28(30)35(26-15-5-2-6-16-26)29-18-8-10-20-31(29)36/h1-30H;1-28H;1-24H/i;;2D,5D,6D,15D,16D. The van der Waals surface area contributed by atoms with Gasteiger partial charge in [-0.2, -0.15) is 0 Å². The van der Waals surface area contributed by atoms with Crippen molar-refractivity contribution in [2.24, 2.45) is 0 Å². The summed E-state index contributed by atoms with van der Waals surface area (Å²) < 4.78 is 50.4. The summed E-state index contributed by atoms with van der Waals surface area (Å²) in [6, 6.07) is 167. The summed E-state index contributed by atoms with van der Waals surface area (Å²) in [5, 5.41) is 24.1. The molecular formula is C130H82S3. The first kappa shape index (κ1) is 73.6. The summed E-state index contributed by atoms with van der Waals surface area (Å²) in [6.07, 6.45) is 0. The average Bonchev–Trinajstić information content (AvgIpc) is 1.37. The number of benzene rings is 24. The Hall–Kier alpha value is -16.2. The monoisotopic (exact) mass is 1740 g/mol. The molecule has 27 rings (SSSR count). The average molecular weight is 1750 g/mol. The number of rotatable bonds is 11. The van der Waals surface area contributed by atoms with Crippen molar-refractivity contribution in [2.45, 2.75) is 0 Å². The summed E-state index contributed by atoms with van der Waals surface area (Å²) in [6.45, 7) is 0. The SMILES string of the molecule is [2H]c1c([2H])c([2H])c(-c2c3ccccc3c(-c3cccc4sc5c(-c6ccccc6)cccc5c34)c3ccccc23)c([2H])c1[2H].c1ccc(-c2ccc(-c3c4ccccc4c(-c4cc(-c5ccc6ccccc6c5)cc5sc6ccccc6c45)c4ccccc34)cc2)cc1.c1ccc(-c2cccc(-c3c4ccccc4c(-c4ccc(-c5ccccc5)c5sc6ccccc6c45)c4ccccc34)c2)cc1. The molecule has 0 fully saturated rings. The van der Waals surface area contributed by atoms with E-state index >= 15 is 0 Å². The Labute approximate surface area is 790 Å². The van der Waals surface area contributed by atoms with E-state index < -0.39 is 0 Å². The summed E-state index contributed by atoms with van der Waals surface area (Å²) >= 11 is 5.60. The molecule has 0 aliphatic carbocycles. The van der Waals surface area contributed by atoms with Gasteiger partial charge in [0.1, 0.15) is 0 Å². The molecule has 3 heterocycles. The van der Waals surface area contributed by atoms with Gasteiger partial charge < -0.3 is 0 Å². The molecule has 0 bridgehead atoms. The van der Waals surface area contributed by atoms with Gasteiger partial charge in [-0.1, -0.05) is 455 Å². The van der Waals surface area contributed by atoms with Crippen LogP contribution in [0.15, 0.2) is 497 Å². The predicted molar refractivity (Wildman–Crippen MR) is 580 cm³/mol. The van der Waals surface area contributed by atoms with Crippen molar-refractivity contribution in [2.75, 3.05) is 0 Å². The predicted octanol–water partition coefficient (Wildman–Crippen LogP) is 38.6. The van der Waals surface area contributed by atoms with Crippen LogP contribution in [0.25, 0.3) is 258 Å². The Bertz CT molecular complexity index is 9380. The van der Waals surface area contributed by atoms with Gasteiger partial charge in [-0.15, -0.1) is 34.0 Å². The highest BCUT2D eigenvalue weighted by Gasteiger charge is 2.27. The van der Waals surface area contributed by atoms with E-state index in [2.05, 4.69) is 425 Å². The fraction of sp³-hybridized carbons (Fsp3) is 0. The van der Waals surface area contributed by atoms with Crippen molar-refractivity contribution in [1.29, 1.82) is 0 Å². The van der Waals surface area contributed by atoms with Crippen molar-refractivity contribution in [3.63, 3.8) is 0 Å². The number of fused-ring (bicyclic) bond motifs is 16. The van der Waals surface area contributed by atoms with Gasteiger partial charge in [-0.3, -0.25) is 0 Å². The molecule has 0 spiro atoms. The fourth-order valence-electron chi connectivity index (χ4n) is 20.8. The van der Waals surface area contributed by atoms with E-state index in [1.165, 1.54) is 215 Å². The summed E-state index contributed by atoms with van der Waals surface area (Å²) in [5.41, 5.74) is 25.6. The molecule has 0 aliphatic rings. The Balaban J connectivity index is 0.000000110. The van der Waals surface area contributed by atoms with Gasteiger partial charge in [0, 0.05) is 60.5 Å². The molecule has 0 saturated carbocycles. The topological polar surface area (TPSA) is 0 Å². The smallest absolute Gasteiger partial charge is 0.0629 e. The van der Waals surface area contributed by atoms with Crippen molar-refractivity contribution in [3.05, 3.63) is 497 Å². The highest BCUT2D eigenvalue weighted by Crippen LogP contribution is 2.55. The molecule has 0 nitrogen and oxygen atoms in total. The number of hydrogen-bond donors (Lipinski definition) is 0. The van der Waals surface area contributed by atoms with Crippen molar-refractivity contribution in [3.8, 4) is 122 Å². The van der Waals surface area contributed by atoms with Crippen molar-refractivity contribution >= 4 is 170 Å². The van der Waals surface area contributed by atoms with Crippen LogP contribution in [0.4, 0.5) is 0 Å². The first-order valence-corrected chi connectivity index (χ1v) is 47.7. The summed E-state index contributed by atoms with van der Waals surface area (Å²) in [5.74, 6) is 0. The molecule has 133 heavy (non-hydrogen) atoms. The maximum Gasteiger partial charge on any atom is 0.0629 e. The minimum absolute atomic E-state index is 0.196. The molecule has 0 radical (unpaired) electrons. The highest BCUT2D eigenvalue weighted by atomic mass is 32.1. The van der Waals surface area contributed by atoms with Crippen LogP contribution in [0, 0.1) is 0 Å². The molecule has 0 N–H and O–H groups in total. The molecule has 0 unspecified atom stereocenters. The van der Waals surface area contributed by atoms with Crippen LogP contribution in [-0.4, -0.2) is 0 Å². The van der Waals surface area contributed by atoms with Gasteiger partial charge >= 0.3 is 0 Å². The minimum Gasteiger partial charge on any atom is -0.135 e. The maximum atomic E-state index is 8.84. The number of hydrogen-bond acceptors (Lipinski definition) is 3. The van der Waals surface area contributed by atoms with Crippen molar-refractivity contribution in [1.82, 2.24) is 0 Å². The van der Waals surface area contributed by atoms with Crippen molar-refractivity contribution < 1.29 is 6.85 Å². The van der Waals surface area contributed by atoms with Gasteiger partial charge in [0.15, 0.2) is 0 Å². The Kier molecular flexibility index (Phi) is 18.6. The molecule has 0 amide bonds. The zero-order valence-electron chi connectivity index (χ0n) is 77.2. The Morgan fingerprint density at radius 1 is 0.143 bits per heavy atom. The van der Waals surface area contributed by atoms with E-state index in [1.54, 1.807) is 11.3 Å². The zero-order valence-corrected chi connectivity index (χ0v) is 74.6. The zero-order chi connectivity index (χ0) is 92.2. The molecular weight excluding hydrogens is 1660 g/mol. The molecule has 3 aromatic heterocycles. The Morgan fingerprint density at radius 2 is 0.474 bits per heavy atom. The second-order valence-electron chi connectivity index (χ2n) is 34.1. The highest BCUT2D eigenvalue weighted by molar-refractivity contribution is 7.27. The van der Waals surface area contributed by atoms with E-state index in [-0.39, 0.29) is 35.8 Å². The second-order valence-corrected chi connectivity index (χ2v) is 37.3. The number of thiophene rings is 3. The quantitative estimate of drug-likeness (QED) is 0.113. The molecule has 3 heteroatoms. The molecule has 0 aliphatic heterocycles. The van der Waals surface area contributed by atoms with Crippen LogP contribution < -0.4 is 0 Å². The normalized spacial score (nSPS) is 12.1. The van der Waals surface area contributed by atoms with Crippen LogP contribution in [0.1, 0.15) is 6.85 Å². The van der Waals surface area contributed by atoms with E-state index in [1.807, 2.05) is 65.1 Å².